The molecule has 1 aromatic carbocycles. The summed E-state index contributed by atoms with van der Waals surface area (Å²) in [5.41, 5.74) is 2.54. The summed E-state index contributed by atoms with van der Waals surface area (Å²) >= 11 is 0. The fraction of sp³-hybridized carbons (Fsp3) is 0.381. The molecule has 1 aliphatic heterocycles. The summed E-state index contributed by atoms with van der Waals surface area (Å²) < 4.78 is 5.37. The van der Waals surface area contributed by atoms with E-state index in [-0.39, 0.29) is 24.0 Å². The number of para-hydroxylation sites is 1. The van der Waals surface area contributed by atoms with E-state index in [2.05, 4.69) is 5.32 Å². The number of carboxylic acid groups (broad SMARTS) is 1. The molecular formula is C21H24N2O5. The summed E-state index contributed by atoms with van der Waals surface area (Å²) in [5, 5.41) is 11.4. The van der Waals surface area contributed by atoms with Gasteiger partial charge in [0, 0.05) is 24.2 Å². The summed E-state index contributed by atoms with van der Waals surface area (Å²) in [6, 6.07) is 9.37. The molecule has 0 atom stereocenters. The number of carboxylic acids is 1. The third-order valence-electron chi connectivity index (χ3n) is 4.81. The Kier molecular flexibility index (Phi) is 6.47. The Bertz CT molecular complexity index is 858. The van der Waals surface area contributed by atoms with Crippen molar-refractivity contribution in [3.05, 3.63) is 53.5 Å². The molecule has 1 aliphatic rings. The first-order chi connectivity index (χ1) is 13.6. The molecule has 0 bridgehead atoms. The van der Waals surface area contributed by atoms with Gasteiger partial charge in [-0.2, -0.15) is 0 Å². The van der Waals surface area contributed by atoms with Gasteiger partial charge in [-0.3, -0.25) is 14.4 Å². The minimum absolute atomic E-state index is 0.00937. The second kappa shape index (κ2) is 9.21. The van der Waals surface area contributed by atoms with E-state index < -0.39 is 5.97 Å². The number of fused-ring (bicyclic) bond motifs is 1. The first kappa shape index (κ1) is 19.7. The van der Waals surface area contributed by atoms with E-state index in [9.17, 15) is 14.4 Å². The number of hydrogen-bond acceptors (Lipinski definition) is 4. The summed E-state index contributed by atoms with van der Waals surface area (Å²) in [7, 11) is 0. The highest BCUT2D eigenvalue weighted by Crippen LogP contribution is 2.30. The second-order valence-corrected chi connectivity index (χ2v) is 6.87. The summed E-state index contributed by atoms with van der Waals surface area (Å²) in [4.78, 5) is 36.9. The van der Waals surface area contributed by atoms with Crippen LogP contribution in [0.2, 0.25) is 0 Å². The molecule has 2 N–H and O–H groups in total. The van der Waals surface area contributed by atoms with Gasteiger partial charge in [-0.1, -0.05) is 31.0 Å². The maximum absolute atomic E-state index is 12.4. The molecule has 1 aromatic heterocycles. The molecule has 0 unspecified atom stereocenters. The van der Waals surface area contributed by atoms with Gasteiger partial charge in [-0.05, 0) is 30.5 Å². The molecule has 148 valence electrons. The number of rotatable bonds is 10. The van der Waals surface area contributed by atoms with E-state index in [1.807, 2.05) is 24.3 Å². The molecule has 3 rings (SSSR count). The van der Waals surface area contributed by atoms with Gasteiger partial charge in [0.05, 0.1) is 19.2 Å². The quantitative estimate of drug-likeness (QED) is 0.613. The molecule has 0 saturated carbocycles. The lowest BCUT2D eigenvalue weighted by Gasteiger charge is -2.17. The van der Waals surface area contributed by atoms with Gasteiger partial charge < -0.3 is 19.7 Å². The van der Waals surface area contributed by atoms with Crippen LogP contribution in [0, 0.1) is 0 Å². The summed E-state index contributed by atoms with van der Waals surface area (Å²) in [6.07, 6.45) is 5.12. The third-order valence-corrected chi connectivity index (χ3v) is 4.81. The average Bonchev–Trinajstić information content (AvgIpc) is 3.25. The van der Waals surface area contributed by atoms with E-state index in [0.717, 1.165) is 30.5 Å². The van der Waals surface area contributed by atoms with Crippen molar-refractivity contribution in [3.63, 3.8) is 0 Å². The first-order valence-corrected chi connectivity index (χ1v) is 9.51. The Morgan fingerprint density at radius 2 is 1.89 bits per heavy atom. The Balaban J connectivity index is 1.50. The fourth-order valence-corrected chi connectivity index (χ4v) is 3.36. The number of amides is 2. The molecule has 2 amide bonds. The normalized spacial score (nSPS) is 12.9. The third kappa shape index (κ3) is 4.79. The number of aliphatic carboxylic acids is 1. The van der Waals surface area contributed by atoms with Crippen molar-refractivity contribution in [2.45, 2.75) is 45.1 Å². The average molecular weight is 384 g/mol. The number of nitrogens with one attached hydrogen (secondary N) is 1. The minimum Gasteiger partial charge on any atom is -0.481 e. The Labute approximate surface area is 163 Å². The SMILES string of the molecule is O=C(O)CCCCCCNC(=O)c1occc1CN1C(=O)Cc2ccccc21. The monoisotopic (exact) mass is 384 g/mol. The largest absolute Gasteiger partial charge is 0.481 e. The molecule has 28 heavy (non-hydrogen) atoms. The highest BCUT2D eigenvalue weighted by molar-refractivity contribution is 6.01. The zero-order chi connectivity index (χ0) is 19.9. The molecule has 0 saturated heterocycles. The van der Waals surface area contributed by atoms with E-state index >= 15 is 0 Å². The van der Waals surface area contributed by atoms with E-state index in [4.69, 9.17) is 9.52 Å². The van der Waals surface area contributed by atoms with Crippen LogP contribution >= 0.6 is 0 Å². The van der Waals surface area contributed by atoms with Crippen molar-refractivity contribution >= 4 is 23.5 Å². The smallest absolute Gasteiger partial charge is 0.303 e. The maximum atomic E-state index is 12.4. The molecule has 0 fully saturated rings. The van der Waals surface area contributed by atoms with Crippen LogP contribution in [0.25, 0.3) is 0 Å². The van der Waals surface area contributed by atoms with Crippen LogP contribution in [-0.2, 0) is 22.6 Å². The van der Waals surface area contributed by atoms with Crippen molar-refractivity contribution in [2.75, 3.05) is 11.4 Å². The predicted octanol–water partition coefficient (Wildman–Crippen LogP) is 3.13. The number of unbranched alkanes of at least 4 members (excludes halogenated alkanes) is 3. The molecule has 7 nitrogen and oxygen atoms in total. The van der Waals surface area contributed by atoms with Crippen LogP contribution in [0.15, 0.2) is 41.0 Å². The van der Waals surface area contributed by atoms with Crippen LogP contribution in [0.5, 0.6) is 0 Å². The number of carbonyl (C=O) groups excluding carboxylic acids is 2. The van der Waals surface area contributed by atoms with E-state index in [1.165, 1.54) is 6.26 Å². The van der Waals surface area contributed by atoms with Crippen molar-refractivity contribution < 1.29 is 23.9 Å². The van der Waals surface area contributed by atoms with Crippen LogP contribution in [0.1, 0.15) is 53.8 Å². The number of hydrogen-bond donors (Lipinski definition) is 2. The van der Waals surface area contributed by atoms with Gasteiger partial charge in [0.25, 0.3) is 5.91 Å². The topological polar surface area (TPSA) is 99.8 Å². The number of nitrogens with zero attached hydrogens (tertiary/aromatic N) is 1. The van der Waals surface area contributed by atoms with Crippen LogP contribution in [0.4, 0.5) is 5.69 Å². The highest BCUT2D eigenvalue weighted by atomic mass is 16.4. The van der Waals surface area contributed by atoms with Crippen molar-refractivity contribution in [2.24, 2.45) is 0 Å². The predicted molar refractivity (Wildman–Crippen MR) is 103 cm³/mol. The molecule has 0 aliphatic carbocycles. The summed E-state index contributed by atoms with van der Waals surface area (Å²) in [6.45, 7) is 0.793. The van der Waals surface area contributed by atoms with Gasteiger partial charge in [-0.25, -0.2) is 0 Å². The lowest BCUT2D eigenvalue weighted by Crippen LogP contribution is -2.29. The Morgan fingerprint density at radius 1 is 1.11 bits per heavy atom. The second-order valence-electron chi connectivity index (χ2n) is 6.87. The van der Waals surface area contributed by atoms with Gasteiger partial charge in [0.2, 0.25) is 5.91 Å². The molecule has 0 spiro atoms. The molecular weight excluding hydrogens is 360 g/mol. The van der Waals surface area contributed by atoms with Crippen LogP contribution < -0.4 is 10.2 Å². The van der Waals surface area contributed by atoms with Crippen molar-refractivity contribution in [1.82, 2.24) is 5.32 Å². The van der Waals surface area contributed by atoms with Gasteiger partial charge in [0.1, 0.15) is 0 Å². The zero-order valence-electron chi connectivity index (χ0n) is 15.6. The Hall–Kier alpha value is -3.09. The van der Waals surface area contributed by atoms with E-state index in [0.29, 0.717) is 31.5 Å². The molecule has 7 heteroatoms. The lowest BCUT2D eigenvalue weighted by atomic mass is 10.1. The number of carbonyl (C=O) groups is 3. The Morgan fingerprint density at radius 3 is 2.71 bits per heavy atom. The standard InChI is InChI=1S/C21H24N2O5/c24-18-13-15-7-4-5-8-17(15)23(18)14-16-10-12-28-20(16)21(27)22-11-6-2-1-3-9-19(25)26/h4-5,7-8,10,12H,1-3,6,9,11,13-14H2,(H,22,27)(H,25,26). The van der Waals surface area contributed by atoms with Crippen molar-refractivity contribution in [1.29, 1.82) is 0 Å². The number of furan rings is 1. The minimum atomic E-state index is -0.780. The van der Waals surface area contributed by atoms with Crippen LogP contribution in [-0.4, -0.2) is 29.4 Å². The van der Waals surface area contributed by atoms with Gasteiger partial charge in [0.15, 0.2) is 5.76 Å². The van der Waals surface area contributed by atoms with Gasteiger partial charge in [-0.15, -0.1) is 0 Å². The molecule has 0 radical (unpaired) electrons. The highest BCUT2D eigenvalue weighted by Gasteiger charge is 2.28. The fourth-order valence-electron chi connectivity index (χ4n) is 3.36. The maximum Gasteiger partial charge on any atom is 0.303 e. The number of benzene rings is 1. The van der Waals surface area contributed by atoms with E-state index in [1.54, 1.807) is 11.0 Å². The zero-order valence-corrected chi connectivity index (χ0v) is 15.6. The molecule has 2 heterocycles. The summed E-state index contributed by atoms with van der Waals surface area (Å²) in [5.74, 6) is -0.846. The van der Waals surface area contributed by atoms with Crippen LogP contribution in [0.3, 0.4) is 0 Å². The number of anilines is 1. The first-order valence-electron chi connectivity index (χ1n) is 9.51. The van der Waals surface area contributed by atoms with Gasteiger partial charge >= 0.3 is 5.97 Å². The van der Waals surface area contributed by atoms with Crippen molar-refractivity contribution in [3.8, 4) is 0 Å². The lowest BCUT2D eigenvalue weighted by molar-refractivity contribution is -0.137. The molecule has 2 aromatic rings.